The summed E-state index contributed by atoms with van der Waals surface area (Å²) in [4.78, 5) is 4.41. The number of hydrogen-bond acceptors (Lipinski definition) is 4. The molecular formula is C14H19NO3. The van der Waals surface area contributed by atoms with Crippen LogP contribution in [-0.2, 0) is 0 Å². The number of nitrogens with zero attached hydrogens (tertiary/aromatic N) is 1. The van der Waals surface area contributed by atoms with E-state index in [9.17, 15) is 15.3 Å². The van der Waals surface area contributed by atoms with Crippen molar-refractivity contribution in [3.05, 3.63) is 34.8 Å². The van der Waals surface area contributed by atoms with E-state index >= 15 is 0 Å². The normalized spacial score (nSPS) is 18.3. The molecule has 0 saturated carbocycles. The molecule has 1 aliphatic rings. The Morgan fingerprint density at radius 2 is 1.89 bits per heavy atom. The minimum absolute atomic E-state index is 0.297. The van der Waals surface area contributed by atoms with Gasteiger partial charge in [-0.3, -0.25) is 4.99 Å². The summed E-state index contributed by atoms with van der Waals surface area (Å²) in [5.74, 6) is 0. The maximum Gasteiger partial charge on any atom is 0.132 e. The molecule has 0 saturated heterocycles. The van der Waals surface area contributed by atoms with E-state index in [0.29, 0.717) is 12.0 Å². The average Bonchev–Trinajstić information content (AvgIpc) is 2.73. The molecule has 4 heteroatoms. The van der Waals surface area contributed by atoms with Crippen LogP contribution < -0.4 is 10.6 Å². The van der Waals surface area contributed by atoms with Crippen molar-refractivity contribution in [2.24, 2.45) is 4.99 Å². The van der Waals surface area contributed by atoms with Crippen molar-refractivity contribution in [3.8, 4) is 0 Å². The van der Waals surface area contributed by atoms with E-state index in [2.05, 4.69) is 4.99 Å². The minimum atomic E-state index is -1.07. The molecule has 18 heavy (non-hydrogen) atoms. The van der Waals surface area contributed by atoms with Crippen molar-refractivity contribution in [2.75, 3.05) is 13.2 Å². The summed E-state index contributed by atoms with van der Waals surface area (Å²) < 4.78 is 0. The summed E-state index contributed by atoms with van der Waals surface area (Å²) in [6.45, 7) is 1.39. The second-order valence-electron chi connectivity index (χ2n) is 4.69. The molecule has 1 atom stereocenters. The van der Waals surface area contributed by atoms with Crippen molar-refractivity contribution >= 4 is 5.57 Å². The van der Waals surface area contributed by atoms with Crippen LogP contribution in [0.2, 0.25) is 0 Å². The zero-order valence-electron chi connectivity index (χ0n) is 10.5. The smallest absolute Gasteiger partial charge is 0.132 e. The lowest BCUT2D eigenvalue weighted by Gasteiger charge is -2.28. The van der Waals surface area contributed by atoms with Crippen molar-refractivity contribution in [1.29, 1.82) is 0 Å². The van der Waals surface area contributed by atoms with Crippen LogP contribution in [0.3, 0.4) is 0 Å². The zero-order valence-corrected chi connectivity index (χ0v) is 10.5. The summed E-state index contributed by atoms with van der Waals surface area (Å²) in [5.41, 5.74) is -0.428. The molecule has 98 valence electrons. The second-order valence-corrected chi connectivity index (χ2v) is 4.69. The number of aliphatic hydroxyl groups is 3. The van der Waals surface area contributed by atoms with Gasteiger partial charge in [-0.1, -0.05) is 31.5 Å². The molecule has 1 heterocycles. The van der Waals surface area contributed by atoms with Gasteiger partial charge in [-0.15, -0.1) is 0 Å². The Kier molecular flexibility index (Phi) is 3.80. The Bertz CT molecular complexity index is 534. The first kappa shape index (κ1) is 13.2. The highest BCUT2D eigenvalue weighted by Crippen LogP contribution is 2.28. The molecule has 0 radical (unpaired) electrons. The van der Waals surface area contributed by atoms with E-state index in [1.165, 1.54) is 0 Å². The van der Waals surface area contributed by atoms with Crippen LogP contribution in [0.5, 0.6) is 0 Å². The SMILES string of the molecule is CCCC(O)C1=c2ccccc2=NC1(CO)CO. The Balaban J connectivity index is 2.65. The third-order valence-corrected chi connectivity index (χ3v) is 3.45. The Labute approximate surface area is 106 Å². The molecule has 1 unspecified atom stereocenters. The quantitative estimate of drug-likeness (QED) is 0.649. The molecule has 1 aromatic rings. The lowest BCUT2D eigenvalue weighted by molar-refractivity contribution is 0.135. The van der Waals surface area contributed by atoms with E-state index < -0.39 is 11.6 Å². The molecule has 0 aromatic heterocycles. The van der Waals surface area contributed by atoms with Gasteiger partial charge in [-0.25, -0.2) is 0 Å². The standard InChI is InChI=1S/C14H19NO3/c1-2-5-12(18)13-10-6-3-4-7-11(10)15-14(13,8-16)9-17/h3-4,6-7,12,16-18H,2,5,8-9H2,1H3. The highest BCUT2D eigenvalue weighted by Gasteiger charge is 2.39. The predicted molar refractivity (Wildman–Crippen MR) is 68.4 cm³/mol. The van der Waals surface area contributed by atoms with Crippen LogP contribution in [0, 0.1) is 0 Å². The van der Waals surface area contributed by atoms with Crippen LogP contribution in [0.1, 0.15) is 19.8 Å². The topological polar surface area (TPSA) is 73.1 Å². The van der Waals surface area contributed by atoms with E-state index in [1.54, 1.807) is 0 Å². The fourth-order valence-corrected chi connectivity index (χ4v) is 2.54. The van der Waals surface area contributed by atoms with Crippen LogP contribution >= 0.6 is 0 Å². The summed E-state index contributed by atoms with van der Waals surface area (Å²) >= 11 is 0. The molecule has 0 spiro atoms. The molecule has 0 bridgehead atoms. The van der Waals surface area contributed by atoms with Gasteiger partial charge < -0.3 is 15.3 Å². The van der Waals surface area contributed by atoms with Gasteiger partial charge in [0.2, 0.25) is 0 Å². The van der Waals surface area contributed by atoms with E-state index in [1.807, 2.05) is 31.2 Å². The maximum absolute atomic E-state index is 10.3. The summed E-state index contributed by atoms with van der Waals surface area (Å²) in [6, 6.07) is 7.44. The minimum Gasteiger partial charge on any atom is -0.393 e. The van der Waals surface area contributed by atoms with Gasteiger partial charge >= 0.3 is 0 Å². The van der Waals surface area contributed by atoms with E-state index in [0.717, 1.165) is 17.0 Å². The Morgan fingerprint density at radius 1 is 1.22 bits per heavy atom. The maximum atomic E-state index is 10.3. The number of para-hydroxylation sites is 1. The first-order valence-corrected chi connectivity index (χ1v) is 6.28. The molecule has 4 nitrogen and oxygen atoms in total. The first-order chi connectivity index (χ1) is 8.68. The van der Waals surface area contributed by atoms with Crippen molar-refractivity contribution in [3.63, 3.8) is 0 Å². The highest BCUT2D eigenvalue weighted by atomic mass is 16.3. The van der Waals surface area contributed by atoms with Gasteiger partial charge in [0, 0.05) is 5.22 Å². The van der Waals surface area contributed by atoms with Gasteiger partial charge in [0.25, 0.3) is 0 Å². The second kappa shape index (κ2) is 5.18. The average molecular weight is 249 g/mol. The summed E-state index contributed by atoms with van der Waals surface area (Å²) in [5, 5.41) is 31.0. The molecule has 2 rings (SSSR count). The first-order valence-electron chi connectivity index (χ1n) is 6.28. The van der Waals surface area contributed by atoms with Crippen LogP contribution in [0.4, 0.5) is 0 Å². The van der Waals surface area contributed by atoms with Crippen LogP contribution in [0.25, 0.3) is 5.57 Å². The van der Waals surface area contributed by atoms with Crippen LogP contribution in [0.15, 0.2) is 29.3 Å². The fraction of sp³-hybridized carbons (Fsp3) is 0.500. The Morgan fingerprint density at radius 3 is 2.50 bits per heavy atom. The van der Waals surface area contributed by atoms with Gasteiger partial charge in [0.1, 0.15) is 5.54 Å². The number of rotatable bonds is 5. The lowest BCUT2D eigenvalue weighted by Crippen LogP contribution is -2.41. The molecule has 0 aliphatic carbocycles. The number of aliphatic hydroxyl groups excluding tert-OH is 3. The van der Waals surface area contributed by atoms with Crippen molar-refractivity contribution in [1.82, 2.24) is 0 Å². The van der Waals surface area contributed by atoms with Crippen molar-refractivity contribution in [2.45, 2.75) is 31.4 Å². The van der Waals surface area contributed by atoms with Gasteiger partial charge in [0.15, 0.2) is 0 Å². The molecule has 0 fully saturated rings. The van der Waals surface area contributed by atoms with Gasteiger partial charge in [-0.2, -0.15) is 0 Å². The molecule has 0 amide bonds. The van der Waals surface area contributed by atoms with Crippen LogP contribution in [-0.4, -0.2) is 40.2 Å². The number of benzene rings is 1. The fourth-order valence-electron chi connectivity index (χ4n) is 2.54. The number of hydrogen-bond donors (Lipinski definition) is 3. The van der Waals surface area contributed by atoms with Gasteiger partial charge in [0.05, 0.1) is 24.7 Å². The third-order valence-electron chi connectivity index (χ3n) is 3.45. The van der Waals surface area contributed by atoms with E-state index in [-0.39, 0.29) is 13.2 Å². The molecular weight excluding hydrogens is 230 g/mol. The van der Waals surface area contributed by atoms with Gasteiger partial charge in [-0.05, 0) is 18.1 Å². The zero-order chi connectivity index (χ0) is 13.2. The molecule has 3 N–H and O–H groups in total. The highest BCUT2D eigenvalue weighted by molar-refractivity contribution is 5.62. The molecule has 1 aliphatic heterocycles. The monoisotopic (exact) mass is 249 g/mol. The lowest BCUT2D eigenvalue weighted by atomic mass is 9.86. The number of fused-ring (bicyclic) bond motifs is 1. The Hall–Kier alpha value is -1.23. The van der Waals surface area contributed by atoms with Crippen molar-refractivity contribution < 1.29 is 15.3 Å². The van der Waals surface area contributed by atoms with E-state index in [4.69, 9.17) is 0 Å². The largest absolute Gasteiger partial charge is 0.393 e. The summed E-state index contributed by atoms with van der Waals surface area (Å²) in [6.07, 6.45) is 0.752. The molecule has 1 aromatic carbocycles. The third kappa shape index (κ3) is 1.96. The predicted octanol–water partition coefficient (Wildman–Crippen LogP) is -0.645. The summed E-state index contributed by atoms with van der Waals surface area (Å²) in [7, 11) is 0.